The van der Waals surface area contributed by atoms with Crippen LogP contribution in [-0.2, 0) is 4.79 Å². The molecule has 2 aliphatic carbocycles. The van der Waals surface area contributed by atoms with Crippen molar-refractivity contribution >= 4 is 27.8 Å². The van der Waals surface area contributed by atoms with Crippen molar-refractivity contribution < 1.29 is 14.7 Å². The molecule has 0 aliphatic heterocycles. The van der Waals surface area contributed by atoms with E-state index in [1.807, 2.05) is 10.8 Å². The molecule has 2 fully saturated rings. The van der Waals surface area contributed by atoms with Gasteiger partial charge in [0.05, 0.1) is 0 Å². The number of carbonyl (C=O) groups is 2. The zero-order chi connectivity index (χ0) is 13.6. The molecule has 5 nitrogen and oxygen atoms in total. The summed E-state index contributed by atoms with van der Waals surface area (Å²) in [4.78, 5) is 23.4. The van der Waals surface area contributed by atoms with Crippen molar-refractivity contribution in [2.24, 2.45) is 5.92 Å². The van der Waals surface area contributed by atoms with Crippen molar-refractivity contribution in [1.82, 2.24) is 9.88 Å². The van der Waals surface area contributed by atoms with E-state index in [1.54, 1.807) is 6.07 Å². The van der Waals surface area contributed by atoms with Gasteiger partial charge in [-0.25, -0.2) is 4.79 Å². The Labute approximate surface area is 119 Å². The first-order valence-electron chi connectivity index (χ1n) is 6.47. The van der Waals surface area contributed by atoms with Crippen molar-refractivity contribution in [3.8, 4) is 0 Å². The minimum absolute atomic E-state index is 0.0919. The van der Waals surface area contributed by atoms with Gasteiger partial charge in [0.25, 0.3) is 5.91 Å². The van der Waals surface area contributed by atoms with Crippen molar-refractivity contribution in [2.75, 3.05) is 0 Å². The third-order valence-electron chi connectivity index (χ3n) is 3.63. The van der Waals surface area contributed by atoms with Crippen LogP contribution < -0.4 is 5.32 Å². The fourth-order valence-electron chi connectivity index (χ4n) is 2.31. The molecule has 6 heteroatoms. The molecular weight excluding hydrogens is 312 g/mol. The number of carboxylic acid groups (broad SMARTS) is 1. The van der Waals surface area contributed by atoms with E-state index in [-0.39, 0.29) is 11.8 Å². The normalized spacial score (nSPS) is 20.1. The Hall–Kier alpha value is -1.30. The number of nitrogens with one attached hydrogen (secondary N) is 1. The molecule has 102 valence electrons. The van der Waals surface area contributed by atoms with Gasteiger partial charge in [0.15, 0.2) is 0 Å². The van der Waals surface area contributed by atoms with E-state index in [0.29, 0.717) is 11.7 Å². The Morgan fingerprint density at radius 3 is 2.58 bits per heavy atom. The van der Waals surface area contributed by atoms with Crippen molar-refractivity contribution in [3.05, 3.63) is 22.4 Å². The number of aliphatic carboxylic acids is 1. The molecule has 2 aliphatic rings. The number of rotatable bonds is 5. The lowest BCUT2D eigenvalue weighted by Crippen LogP contribution is -2.42. The van der Waals surface area contributed by atoms with Crippen LogP contribution >= 0.6 is 15.9 Å². The average molecular weight is 327 g/mol. The summed E-state index contributed by atoms with van der Waals surface area (Å²) in [6.07, 6.45) is 5.80. The van der Waals surface area contributed by atoms with Crippen LogP contribution in [0.1, 0.15) is 42.2 Å². The number of carbonyl (C=O) groups excluding carboxylic acids is 1. The molecule has 1 aromatic heterocycles. The third-order valence-corrected chi connectivity index (χ3v) is 4.07. The fourth-order valence-corrected chi connectivity index (χ4v) is 2.75. The van der Waals surface area contributed by atoms with Gasteiger partial charge >= 0.3 is 5.97 Å². The minimum Gasteiger partial charge on any atom is -0.480 e. The van der Waals surface area contributed by atoms with Crippen LogP contribution in [0.4, 0.5) is 0 Å². The van der Waals surface area contributed by atoms with Crippen LogP contribution in [0.3, 0.4) is 0 Å². The van der Waals surface area contributed by atoms with Crippen LogP contribution in [-0.4, -0.2) is 27.6 Å². The van der Waals surface area contributed by atoms with Gasteiger partial charge in [-0.05, 0) is 53.6 Å². The Kier molecular flexibility index (Phi) is 3.12. The molecule has 0 bridgehead atoms. The molecule has 1 unspecified atom stereocenters. The van der Waals surface area contributed by atoms with E-state index in [9.17, 15) is 9.59 Å². The highest BCUT2D eigenvalue weighted by Crippen LogP contribution is 2.38. The van der Waals surface area contributed by atoms with Crippen molar-refractivity contribution in [3.63, 3.8) is 0 Å². The molecule has 1 heterocycles. The average Bonchev–Trinajstić information content (AvgIpc) is 3.23. The second-order valence-electron chi connectivity index (χ2n) is 5.31. The first kappa shape index (κ1) is 12.7. The Bertz CT molecular complexity index is 532. The van der Waals surface area contributed by atoms with E-state index in [1.165, 1.54) is 0 Å². The lowest BCUT2D eigenvalue weighted by Gasteiger charge is -2.14. The van der Waals surface area contributed by atoms with Gasteiger partial charge in [-0.1, -0.05) is 0 Å². The zero-order valence-electron chi connectivity index (χ0n) is 10.3. The second-order valence-corrected chi connectivity index (χ2v) is 6.22. The fraction of sp³-hybridized carbons (Fsp3) is 0.538. The molecule has 0 aromatic carbocycles. The Morgan fingerprint density at radius 1 is 1.37 bits per heavy atom. The first-order valence-corrected chi connectivity index (χ1v) is 7.26. The minimum atomic E-state index is -0.945. The van der Waals surface area contributed by atoms with Gasteiger partial charge in [-0.15, -0.1) is 0 Å². The maximum absolute atomic E-state index is 12.2. The lowest BCUT2D eigenvalue weighted by molar-refractivity contribution is -0.139. The molecule has 1 amide bonds. The summed E-state index contributed by atoms with van der Waals surface area (Å²) in [5.41, 5.74) is 0.543. The number of nitrogens with zero attached hydrogens (tertiary/aromatic N) is 1. The molecule has 0 spiro atoms. The van der Waals surface area contributed by atoms with Gasteiger partial charge < -0.3 is 15.0 Å². The zero-order valence-corrected chi connectivity index (χ0v) is 11.9. The maximum atomic E-state index is 12.2. The maximum Gasteiger partial charge on any atom is 0.326 e. The summed E-state index contributed by atoms with van der Waals surface area (Å²) in [5.74, 6) is -1.15. The monoisotopic (exact) mass is 326 g/mol. The van der Waals surface area contributed by atoms with Crippen molar-refractivity contribution in [1.29, 1.82) is 0 Å². The number of hydrogen-bond acceptors (Lipinski definition) is 2. The van der Waals surface area contributed by atoms with E-state index in [0.717, 1.165) is 30.2 Å². The van der Waals surface area contributed by atoms with Crippen LogP contribution in [0, 0.1) is 5.92 Å². The van der Waals surface area contributed by atoms with Crippen LogP contribution in [0.15, 0.2) is 16.7 Å². The Balaban J connectivity index is 1.77. The molecular formula is C13H15BrN2O3. The summed E-state index contributed by atoms with van der Waals surface area (Å²) in [7, 11) is 0. The number of carboxylic acids is 1. The number of halogens is 1. The predicted molar refractivity (Wildman–Crippen MR) is 72.0 cm³/mol. The molecule has 19 heavy (non-hydrogen) atoms. The van der Waals surface area contributed by atoms with Crippen molar-refractivity contribution in [2.45, 2.75) is 37.8 Å². The largest absolute Gasteiger partial charge is 0.480 e. The lowest BCUT2D eigenvalue weighted by atomic mass is 10.2. The van der Waals surface area contributed by atoms with Gasteiger partial charge in [0, 0.05) is 16.7 Å². The predicted octanol–water partition coefficient (Wildman–Crippen LogP) is 2.18. The van der Waals surface area contributed by atoms with Gasteiger partial charge in [0.1, 0.15) is 11.7 Å². The number of aromatic nitrogens is 1. The van der Waals surface area contributed by atoms with E-state index in [4.69, 9.17) is 5.11 Å². The van der Waals surface area contributed by atoms with Crippen LogP contribution in [0.5, 0.6) is 0 Å². The molecule has 3 rings (SSSR count). The SMILES string of the molecule is O=C(NC(C(=O)O)C1CC1)c1cc(Br)cn1C1CC1. The molecule has 1 atom stereocenters. The standard InChI is InChI=1S/C13H15BrN2O3/c14-8-5-10(16(6-8)9-3-4-9)12(17)15-11(13(18)19)7-1-2-7/h5-7,9,11H,1-4H2,(H,15,17)(H,18,19). The second kappa shape index (κ2) is 4.67. The summed E-state index contributed by atoms with van der Waals surface area (Å²) >= 11 is 3.37. The first-order chi connectivity index (χ1) is 9.06. The molecule has 1 aromatic rings. The molecule has 0 saturated heterocycles. The molecule has 2 N–H and O–H groups in total. The van der Waals surface area contributed by atoms with Crippen LogP contribution in [0.25, 0.3) is 0 Å². The quantitative estimate of drug-likeness (QED) is 0.871. The van der Waals surface area contributed by atoms with Gasteiger partial charge in [-0.2, -0.15) is 0 Å². The summed E-state index contributed by atoms with van der Waals surface area (Å²) in [6.45, 7) is 0. The summed E-state index contributed by atoms with van der Waals surface area (Å²) in [6, 6.07) is 1.38. The molecule has 2 saturated carbocycles. The smallest absolute Gasteiger partial charge is 0.326 e. The summed E-state index contributed by atoms with van der Waals surface area (Å²) < 4.78 is 2.79. The Morgan fingerprint density at radius 2 is 2.05 bits per heavy atom. The van der Waals surface area contributed by atoms with Gasteiger partial charge in [0.2, 0.25) is 0 Å². The summed E-state index contributed by atoms with van der Waals surface area (Å²) in [5, 5.41) is 11.8. The third kappa shape index (κ3) is 2.68. The van der Waals surface area contributed by atoms with E-state index < -0.39 is 12.0 Å². The highest BCUT2D eigenvalue weighted by atomic mass is 79.9. The molecule has 0 radical (unpaired) electrons. The number of hydrogen-bond donors (Lipinski definition) is 2. The van der Waals surface area contributed by atoms with E-state index in [2.05, 4.69) is 21.2 Å². The highest BCUT2D eigenvalue weighted by molar-refractivity contribution is 9.10. The number of amides is 1. The van der Waals surface area contributed by atoms with Gasteiger partial charge in [-0.3, -0.25) is 4.79 Å². The van der Waals surface area contributed by atoms with E-state index >= 15 is 0 Å². The topological polar surface area (TPSA) is 71.3 Å². The van der Waals surface area contributed by atoms with Crippen LogP contribution in [0.2, 0.25) is 0 Å². The highest BCUT2D eigenvalue weighted by Gasteiger charge is 2.38.